The van der Waals surface area contributed by atoms with Crippen molar-refractivity contribution in [2.75, 3.05) is 12.3 Å². The average molecular weight is 313 g/mol. The lowest BCUT2D eigenvalue weighted by atomic mass is 10.1. The summed E-state index contributed by atoms with van der Waals surface area (Å²) < 4.78 is 0.705. The van der Waals surface area contributed by atoms with Crippen LogP contribution in [-0.4, -0.2) is 34.5 Å². The molecule has 1 aromatic carbocycles. The topological polar surface area (TPSA) is 83.6 Å². The van der Waals surface area contributed by atoms with Gasteiger partial charge < -0.3 is 15.7 Å². The van der Waals surface area contributed by atoms with Crippen molar-refractivity contribution in [1.29, 1.82) is 0 Å². The van der Waals surface area contributed by atoms with Crippen LogP contribution < -0.4 is 5.73 Å². The smallest absolute Gasteiger partial charge is 0.323 e. The van der Waals surface area contributed by atoms with Gasteiger partial charge in [0.05, 0.1) is 0 Å². The van der Waals surface area contributed by atoms with Crippen LogP contribution in [-0.2, 0) is 4.79 Å². The van der Waals surface area contributed by atoms with E-state index in [0.717, 1.165) is 12.8 Å². The summed E-state index contributed by atoms with van der Waals surface area (Å²) >= 11 is 3.27. The Morgan fingerprint density at radius 1 is 1.39 bits per heavy atom. The number of benzene rings is 1. The highest BCUT2D eigenvalue weighted by Gasteiger charge is 2.34. The molecule has 1 aromatic rings. The van der Waals surface area contributed by atoms with Crippen LogP contribution in [0.25, 0.3) is 0 Å². The largest absolute Gasteiger partial charge is 0.480 e. The Balaban J connectivity index is 2.24. The highest BCUT2D eigenvalue weighted by atomic mass is 79.9. The summed E-state index contributed by atoms with van der Waals surface area (Å²) in [5.74, 6) is -1.29. The molecule has 0 unspecified atom stereocenters. The monoisotopic (exact) mass is 312 g/mol. The number of halogens is 1. The van der Waals surface area contributed by atoms with E-state index in [1.165, 1.54) is 4.90 Å². The number of carboxylic acids is 1. The number of carboxylic acid groups (broad SMARTS) is 1. The second kappa shape index (κ2) is 4.97. The van der Waals surface area contributed by atoms with Gasteiger partial charge in [-0.1, -0.05) is 15.9 Å². The van der Waals surface area contributed by atoms with Crippen LogP contribution in [0.1, 0.15) is 23.2 Å². The van der Waals surface area contributed by atoms with Gasteiger partial charge in [-0.05, 0) is 31.0 Å². The van der Waals surface area contributed by atoms with Crippen LogP contribution in [0.3, 0.4) is 0 Å². The fourth-order valence-corrected chi connectivity index (χ4v) is 2.31. The Morgan fingerprint density at radius 2 is 2.06 bits per heavy atom. The molecule has 0 saturated heterocycles. The number of rotatable bonds is 4. The van der Waals surface area contributed by atoms with Gasteiger partial charge in [0.25, 0.3) is 5.91 Å². The van der Waals surface area contributed by atoms with Gasteiger partial charge in [-0.3, -0.25) is 9.59 Å². The Kier molecular flexibility index (Phi) is 3.56. The summed E-state index contributed by atoms with van der Waals surface area (Å²) in [6.07, 6.45) is 1.73. The molecule has 2 rings (SSSR count). The first-order valence-corrected chi connectivity index (χ1v) is 6.35. The number of nitrogens with zero attached hydrogens (tertiary/aromatic N) is 1. The number of nitrogen functional groups attached to an aromatic ring is 1. The zero-order chi connectivity index (χ0) is 13.3. The van der Waals surface area contributed by atoms with Crippen LogP contribution in [0.5, 0.6) is 0 Å². The quantitative estimate of drug-likeness (QED) is 0.829. The third kappa shape index (κ3) is 3.01. The molecular weight excluding hydrogens is 300 g/mol. The lowest BCUT2D eigenvalue weighted by molar-refractivity contribution is -0.137. The molecule has 96 valence electrons. The maximum atomic E-state index is 12.3. The van der Waals surface area contributed by atoms with Gasteiger partial charge in [0.2, 0.25) is 0 Å². The first kappa shape index (κ1) is 12.9. The lowest BCUT2D eigenvalue weighted by Crippen LogP contribution is -2.37. The predicted molar refractivity (Wildman–Crippen MR) is 70.2 cm³/mol. The molecule has 0 spiro atoms. The van der Waals surface area contributed by atoms with Crippen molar-refractivity contribution >= 4 is 33.5 Å². The summed E-state index contributed by atoms with van der Waals surface area (Å²) in [5.41, 5.74) is 6.56. The Bertz CT molecular complexity index is 480. The number of hydrogen-bond donors (Lipinski definition) is 2. The number of amides is 1. The van der Waals surface area contributed by atoms with Crippen LogP contribution in [0.2, 0.25) is 0 Å². The van der Waals surface area contributed by atoms with Gasteiger partial charge in [-0.25, -0.2) is 0 Å². The molecule has 0 atom stereocenters. The molecule has 1 fully saturated rings. The maximum absolute atomic E-state index is 12.3. The summed E-state index contributed by atoms with van der Waals surface area (Å²) in [6, 6.07) is 4.95. The van der Waals surface area contributed by atoms with E-state index in [-0.39, 0.29) is 18.5 Å². The highest BCUT2D eigenvalue weighted by molar-refractivity contribution is 9.10. The first-order chi connectivity index (χ1) is 8.47. The number of aliphatic carboxylic acids is 1. The molecule has 5 nitrogen and oxygen atoms in total. The SMILES string of the molecule is Nc1cc(Br)cc(C(=O)N(CC(=O)O)C2CC2)c1. The Morgan fingerprint density at radius 3 is 2.56 bits per heavy atom. The van der Waals surface area contributed by atoms with E-state index in [4.69, 9.17) is 10.8 Å². The molecule has 0 aromatic heterocycles. The van der Waals surface area contributed by atoms with E-state index >= 15 is 0 Å². The normalized spacial score (nSPS) is 14.3. The van der Waals surface area contributed by atoms with Gasteiger partial charge in [0.1, 0.15) is 6.54 Å². The van der Waals surface area contributed by atoms with Gasteiger partial charge >= 0.3 is 5.97 Å². The Hall–Kier alpha value is -1.56. The molecule has 1 aliphatic carbocycles. The van der Waals surface area contributed by atoms with Crippen molar-refractivity contribution in [2.45, 2.75) is 18.9 Å². The fraction of sp³-hybridized carbons (Fsp3) is 0.333. The zero-order valence-electron chi connectivity index (χ0n) is 9.60. The van der Waals surface area contributed by atoms with E-state index in [2.05, 4.69) is 15.9 Å². The van der Waals surface area contributed by atoms with Gasteiger partial charge in [0.15, 0.2) is 0 Å². The van der Waals surface area contributed by atoms with E-state index in [9.17, 15) is 9.59 Å². The average Bonchev–Trinajstić information content (AvgIpc) is 3.07. The van der Waals surface area contributed by atoms with E-state index in [1.807, 2.05) is 0 Å². The highest BCUT2D eigenvalue weighted by Crippen LogP contribution is 2.29. The summed E-state index contributed by atoms with van der Waals surface area (Å²) in [5, 5.41) is 8.84. The lowest BCUT2D eigenvalue weighted by Gasteiger charge is -2.20. The van der Waals surface area contributed by atoms with Gasteiger partial charge in [0, 0.05) is 21.8 Å². The summed E-state index contributed by atoms with van der Waals surface area (Å²) in [6.45, 7) is -0.268. The van der Waals surface area contributed by atoms with Crippen LogP contribution >= 0.6 is 15.9 Å². The molecule has 18 heavy (non-hydrogen) atoms. The number of carbonyl (C=O) groups is 2. The molecule has 0 bridgehead atoms. The first-order valence-electron chi connectivity index (χ1n) is 5.56. The predicted octanol–water partition coefficient (Wildman–Crippen LogP) is 1.72. The number of carbonyl (C=O) groups excluding carboxylic acids is 1. The minimum absolute atomic E-state index is 0.0498. The van der Waals surface area contributed by atoms with E-state index < -0.39 is 5.97 Å². The second-order valence-corrected chi connectivity index (χ2v) is 5.25. The van der Waals surface area contributed by atoms with Gasteiger partial charge in [-0.15, -0.1) is 0 Å². The number of hydrogen-bond acceptors (Lipinski definition) is 3. The number of nitrogens with two attached hydrogens (primary N) is 1. The van der Waals surface area contributed by atoms with Crippen LogP contribution in [0.15, 0.2) is 22.7 Å². The molecule has 1 saturated carbocycles. The minimum Gasteiger partial charge on any atom is -0.480 e. The van der Waals surface area contributed by atoms with E-state index in [0.29, 0.717) is 15.7 Å². The molecule has 0 radical (unpaired) electrons. The third-order valence-corrected chi connectivity index (χ3v) is 3.18. The number of anilines is 1. The summed E-state index contributed by atoms with van der Waals surface area (Å²) in [4.78, 5) is 24.4. The van der Waals surface area contributed by atoms with Crippen molar-refractivity contribution in [3.8, 4) is 0 Å². The standard InChI is InChI=1S/C12H13BrN2O3/c13-8-3-7(4-9(14)5-8)12(18)15(6-11(16)17)10-1-2-10/h3-5,10H,1-2,6,14H2,(H,16,17). The summed E-state index contributed by atoms with van der Waals surface area (Å²) in [7, 11) is 0. The van der Waals surface area contributed by atoms with Crippen molar-refractivity contribution in [3.05, 3.63) is 28.2 Å². The molecule has 0 heterocycles. The molecular formula is C12H13BrN2O3. The molecule has 0 aliphatic heterocycles. The van der Waals surface area contributed by atoms with Gasteiger partial charge in [-0.2, -0.15) is 0 Å². The molecule has 1 amide bonds. The van der Waals surface area contributed by atoms with E-state index in [1.54, 1.807) is 18.2 Å². The Labute approximate surface area is 113 Å². The molecule has 6 heteroatoms. The molecule has 1 aliphatic rings. The maximum Gasteiger partial charge on any atom is 0.323 e. The van der Waals surface area contributed by atoms with Crippen molar-refractivity contribution in [2.24, 2.45) is 0 Å². The van der Waals surface area contributed by atoms with Crippen LogP contribution in [0.4, 0.5) is 5.69 Å². The zero-order valence-corrected chi connectivity index (χ0v) is 11.2. The van der Waals surface area contributed by atoms with Crippen molar-refractivity contribution in [3.63, 3.8) is 0 Å². The fourth-order valence-electron chi connectivity index (χ4n) is 1.80. The minimum atomic E-state index is -1.00. The third-order valence-electron chi connectivity index (χ3n) is 2.72. The van der Waals surface area contributed by atoms with Crippen LogP contribution in [0, 0.1) is 0 Å². The second-order valence-electron chi connectivity index (χ2n) is 4.33. The molecule has 3 N–H and O–H groups in total. The van der Waals surface area contributed by atoms with Crippen molar-refractivity contribution < 1.29 is 14.7 Å². The van der Waals surface area contributed by atoms with Crippen molar-refractivity contribution in [1.82, 2.24) is 4.90 Å².